The first-order chi connectivity index (χ1) is 11.0. The Kier molecular flexibility index (Phi) is 4.96. The Bertz CT molecular complexity index is 885. The van der Waals surface area contributed by atoms with Gasteiger partial charge < -0.3 is 0 Å². The molecule has 2 aromatic carbocycles. The number of nitrogens with zero attached hydrogens (tertiary/aromatic N) is 2. The van der Waals surface area contributed by atoms with E-state index in [-0.39, 0.29) is 5.91 Å². The van der Waals surface area contributed by atoms with E-state index in [1.165, 1.54) is 11.3 Å². The van der Waals surface area contributed by atoms with Crippen molar-refractivity contribution in [3.63, 3.8) is 0 Å². The first kappa shape index (κ1) is 16.4. The van der Waals surface area contributed by atoms with Crippen LogP contribution in [0.3, 0.4) is 0 Å². The number of carbonyl (C=O) groups is 1. The average Bonchev–Trinajstić information content (AvgIpc) is 2.95. The lowest BCUT2D eigenvalue weighted by atomic mass is 10.2. The highest BCUT2D eigenvalue weighted by Gasteiger charge is 2.14. The molecule has 0 saturated heterocycles. The fourth-order valence-corrected chi connectivity index (χ4v) is 3.65. The van der Waals surface area contributed by atoms with E-state index in [4.69, 9.17) is 23.2 Å². The van der Waals surface area contributed by atoms with Gasteiger partial charge in [0.25, 0.3) is 5.91 Å². The van der Waals surface area contributed by atoms with Crippen molar-refractivity contribution >= 4 is 61.5 Å². The minimum atomic E-state index is -0.262. The first-order valence-electron chi connectivity index (χ1n) is 6.39. The topological polar surface area (TPSA) is 54.9 Å². The monoisotopic (exact) mass is 427 g/mol. The lowest BCUT2D eigenvalue weighted by molar-refractivity contribution is 0.102. The van der Waals surface area contributed by atoms with Gasteiger partial charge in [0.15, 0.2) is 5.01 Å². The number of amides is 1. The summed E-state index contributed by atoms with van der Waals surface area (Å²) in [5.74, 6) is -0.262. The van der Waals surface area contributed by atoms with Gasteiger partial charge in [-0.05, 0) is 46.3 Å². The predicted molar refractivity (Wildman–Crippen MR) is 97.5 cm³/mol. The van der Waals surface area contributed by atoms with Gasteiger partial charge in [0.05, 0.1) is 10.6 Å². The fourth-order valence-electron chi connectivity index (χ4n) is 1.86. The Morgan fingerprint density at radius 2 is 1.91 bits per heavy atom. The Hall–Kier alpha value is -1.47. The van der Waals surface area contributed by atoms with Crippen LogP contribution in [0.1, 0.15) is 10.4 Å². The van der Waals surface area contributed by atoms with Crippen LogP contribution in [0.15, 0.2) is 46.9 Å². The lowest BCUT2D eigenvalue weighted by Gasteiger charge is -2.03. The first-order valence-corrected chi connectivity index (χ1v) is 8.76. The normalized spacial score (nSPS) is 10.6. The Labute approximate surface area is 154 Å². The van der Waals surface area contributed by atoms with E-state index in [1.54, 1.807) is 36.4 Å². The van der Waals surface area contributed by atoms with E-state index >= 15 is 0 Å². The minimum absolute atomic E-state index is 0.262. The number of benzene rings is 2. The van der Waals surface area contributed by atoms with Crippen molar-refractivity contribution in [2.45, 2.75) is 0 Å². The number of aromatic nitrogens is 2. The second-order valence-electron chi connectivity index (χ2n) is 4.47. The Morgan fingerprint density at radius 1 is 1.13 bits per heavy atom. The third-order valence-electron chi connectivity index (χ3n) is 2.93. The summed E-state index contributed by atoms with van der Waals surface area (Å²) in [7, 11) is 0. The van der Waals surface area contributed by atoms with Crippen LogP contribution < -0.4 is 5.32 Å². The highest BCUT2D eigenvalue weighted by atomic mass is 79.9. The molecule has 0 aliphatic carbocycles. The molecule has 3 rings (SSSR count). The molecule has 1 heterocycles. The third-order valence-corrected chi connectivity index (χ3v) is 5.04. The molecule has 116 valence electrons. The van der Waals surface area contributed by atoms with Crippen molar-refractivity contribution in [1.82, 2.24) is 10.2 Å². The molecule has 8 heteroatoms. The van der Waals surface area contributed by atoms with Gasteiger partial charge in [0.2, 0.25) is 5.13 Å². The molecule has 3 aromatic rings. The van der Waals surface area contributed by atoms with Gasteiger partial charge in [0, 0.05) is 15.1 Å². The van der Waals surface area contributed by atoms with Crippen LogP contribution in [-0.2, 0) is 0 Å². The maximum atomic E-state index is 12.2. The quantitative estimate of drug-likeness (QED) is 0.596. The average molecular weight is 429 g/mol. The van der Waals surface area contributed by atoms with Crippen molar-refractivity contribution in [2.24, 2.45) is 0 Å². The predicted octanol–water partition coefficient (Wildman–Crippen LogP) is 5.53. The highest BCUT2D eigenvalue weighted by molar-refractivity contribution is 9.10. The van der Waals surface area contributed by atoms with Gasteiger partial charge in [-0.3, -0.25) is 10.1 Å². The van der Waals surface area contributed by atoms with Crippen molar-refractivity contribution < 1.29 is 4.79 Å². The maximum absolute atomic E-state index is 12.2. The molecule has 1 amide bonds. The van der Waals surface area contributed by atoms with E-state index in [1.807, 2.05) is 6.07 Å². The van der Waals surface area contributed by atoms with Crippen LogP contribution in [-0.4, -0.2) is 16.1 Å². The van der Waals surface area contributed by atoms with Gasteiger partial charge in [-0.15, -0.1) is 10.2 Å². The summed E-state index contributed by atoms with van der Waals surface area (Å²) < 4.78 is 0.711. The second-order valence-corrected chi connectivity index (χ2v) is 7.15. The van der Waals surface area contributed by atoms with Gasteiger partial charge in [-0.25, -0.2) is 0 Å². The zero-order valence-electron chi connectivity index (χ0n) is 11.4. The van der Waals surface area contributed by atoms with Crippen LogP contribution in [0, 0.1) is 0 Å². The Balaban J connectivity index is 1.82. The SMILES string of the molecule is O=C(Nc1nnc(-c2ccc(Cl)cc2Cl)s1)c1ccccc1Br. The van der Waals surface area contributed by atoms with Crippen molar-refractivity contribution in [3.05, 3.63) is 62.5 Å². The molecule has 0 aliphatic rings. The summed E-state index contributed by atoms with van der Waals surface area (Å²) in [6.45, 7) is 0. The van der Waals surface area contributed by atoms with Gasteiger partial charge in [-0.1, -0.05) is 46.7 Å². The number of hydrogen-bond donors (Lipinski definition) is 1. The van der Waals surface area contributed by atoms with Crippen molar-refractivity contribution in [3.8, 4) is 10.6 Å². The molecule has 0 atom stereocenters. The zero-order chi connectivity index (χ0) is 16.4. The lowest BCUT2D eigenvalue weighted by Crippen LogP contribution is -2.12. The molecular weight excluding hydrogens is 421 g/mol. The van der Waals surface area contributed by atoms with Gasteiger partial charge in [0.1, 0.15) is 0 Å². The third kappa shape index (κ3) is 3.72. The van der Waals surface area contributed by atoms with Crippen LogP contribution in [0.2, 0.25) is 10.0 Å². The van der Waals surface area contributed by atoms with Gasteiger partial charge >= 0.3 is 0 Å². The minimum Gasteiger partial charge on any atom is -0.296 e. The second kappa shape index (κ2) is 6.97. The van der Waals surface area contributed by atoms with Crippen LogP contribution in [0.4, 0.5) is 5.13 Å². The van der Waals surface area contributed by atoms with E-state index in [9.17, 15) is 4.79 Å². The van der Waals surface area contributed by atoms with E-state index < -0.39 is 0 Å². The molecule has 4 nitrogen and oxygen atoms in total. The molecule has 0 bridgehead atoms. The number of nitrogens with one attached hydrogen (secondary N) is 1. The van der Waals surface area contributed by atoms with Crippen LogP contribution in [0.5, 0.6) is 0 Å². The van der Waals surface area contributed by atoms with Gasteiger partial charge in [-0.2, -0.15) is 0 Å². The molecular formula is C15H8BrCl2N3OS. The van der Waals surface area contributed by atoms with Crippen LogP contribution >= 0.6 is 50.5 Å². The highest BCUT2D eigenvalue weighted by Crippen LogP contribution is 2.33. The Morgan fingerprint density at radius 3 is 2.65 bits per heavy atom. The van der Waals surface area contributed by atoms with E-state index in [0.29, 0.717) is 30.2 Å². The molecule has 0 aliphatic heterocycles. The molecule has 0 spiro atoms. The van der Waals surface area contributed by atoms with Crippen molar-refractivity contribution in [2.75, 3.05) is 5.32 Å². The van der Waals surface area contributed by atoms with E-state index in [0.717, 1.165) is 5.56 Å². The molecule has 0 radical (unpaired) electrons. The zero-order valence-corrected chi connectivity index (χ0v) is 15.3. The molecule has 1 N–H and O–H groups in total. The smallest absolute Gasteiger partial charge is 0.258 e. The number of halogens is 3. The molecule has 23 heavy (non-hydrogen) atoms. The van der Waals surface area contributed by atoms with E-state index in [2.05, 4.69) is 31.4 Å². The van der Waals surface area contributed by atoms with Crippen LogP contribution in [0.25, 0.3) is 10.6 Å². The summed E-state index contributed by atoms with van der Waals surface area (Å²) in [4.78, 5) is 12.2. The molecule has 0 unspecified atom stereocenters. The summed E-state index contributed by atoms with van der Waals surface area (Å²) in [6, 6.07) is 12.3. The summed E-state index contributed by atoms with van der Waals surface area (Å²) in [5, 5.41) is 12.8. The molecule has 0 fully saturated rings. The number of carbonyl (C=O) groups excluding carboxylic acids is 1. The standard InChI is InChI=1S/C15H8BrCl2N3OS/c16-11-4-2-1-3-9(11)13(22)19-15-21-20-14(23-15)10-6-5-8(17)7-12(10)18/h1-7H,(H,19,21,22). The summed E-state index contributed by atoms with van der Waals surface area (Å²) in [6.07, 6.45) is 0. The molecule has 0 saturated carbocycles. The summed E-state index contributed by atoms with van der Waals surface area (Å²) in [5.41, 5.74) is 1.24. The summed E-state index contributed by atoms with van der Waals surface area (Å²) >= 11 is 16.6. The van der Waals surface area contributed by atoms with Crippen molar-refractivity contribution in [1.29, 1.82) is 0 Å². The maximum Gasteiger partial charge on any atom is 0.258 e. The number of rotatable bonds is 3. The largest absolute Gasteiger partial charge is 0.296 e. The fraction of sp³-hybridized carbons (Fsp3) is 0. The number of anilines is 1. The number of hydrogen-bond acceptors (Lipinski definition) is 4. The molecule has 1 aromatic heterocycles.